The minimum Gasteiger partial charge on any atom is -0.381 e. The molecule has 0 bridgehead atoms. The van der Waals surface area contributed by atoms with Crippen LogP contribution < -0.4 is 5.32 Å². The molecule has 1 aromatic heterocycles. The van der Waals surface area contributed by atoms with Gasteiger partial charge in [0.2, 0.25) is 11.8 Å². The zero-order chi connectivity index (χ0) is 16.1. The lowest BCUT2D eigenvalue weighted by Gasteiger charge is -2.29. The molecule has 0 saturated carbocycles. The van der Waals surface area contributed by atoms with Crippen molar-refractivity contribution in [2.75, 3.05) is 19.5 Å². The van der Waals surface area contributed by atoms with Gasteiger partial charge in [-0.15, -0.1) is 0 Å². The third-order valence-electron chi connectivity index (χ3n) is 4.00. The Hall–Kier alpha value is -1.08. The van der Waals surface area contributed by atoms with Crippen LogP contribution in [0.5, 0.6) is 0 Å². The third kappa shape index (κ3) is 4.23. The summed E-state index contributed by atoms with van der Waals surface area (Å²) in [5, 5.41) is 7.02. The van der Waals surface area contributed by atoms with Gasteiger partial charge in [-0.3, -0.25) is 4.79 Å². The van der Waals surface area contributed by atoms with E-state index in [0.717, 1.165) is 12.8 Å². The third-order valence-corrected chi connectivity index (χ3v) is 4.92. The zero-order valence-corrected chi connectivity index (χ0v) is 14.5. The number of hydrogen-bond acceptors (Lipinski definition) is 6. The minimum absolute atomic E-state index is 0.00767. The van der Waals surface area contributed by atoms with Crippen LogP contribution in [0.2, 0.25) is 0 Å². The fraction of sp³-hybridized carbons (Fsp3) is 0.800. The van der Waals surface area contributed by atoms with E-state index in [1.807, 2.05) is 27.0 Å². The molecule has 1 aliphatic rings. The van der Waals surface area contributed by atoms with Crippen LogP contribution in [0.3, 0.4) is 0 Å². The molecule has 0 spiro atoms. The first-order chi connectivity index (χ1) is 10.5. The van der Waals surface area contributed by atoms with E-state index in [0.29, 0.717) is 24.9 Å². The number of rotatable bonds is 6. The number of hydrogen-bond donors (Lipinski definition) is 1. The second kappa shape index (κ2) is 7.97. The average molecular weight is 327 g/mol. The highest BCUT2D eigenvalue weighted by Gasteiger charge is 2.32. The average Bonchev–Trinajstić information content (AvgIpc) is 3.02. The number of amides is 1. The lowest BCUT2D eigenvalue weighted by atomic mass is 9.91. The summed E-state index contributed by atoms with van der Waals surface area (Å²) in [6.45, 7) is 7.36. The van der Waals surface area contributed by atoms with Gasteiger partial charge >= 0.3 is 0 Å². The number of nitrogens with zero attached hydrogens (tertiary/aromatic N) is 2. The molecule has 2 heterocycles. The van der Waals surface area contributed by atoms with Crippen molar-refractivity contribution in [2.24, 2.45) is 5.92 Å². The summed E-state index contributed by atoms with van der Waals surface area (Å²) in [5.74, 6) is 1.67. The van der Waals surface area contributed by atoms with Gasteiger partial charge in [0.25, 0.3) is 0 Å². The normalized spacial score (nSPS) is 19.1. The van der Waals surface area contributed by atoms with Crippen molar-refractivity contribution >= 4 is 17.7 Å². The number of carbonyl (C=O) groups excluding carboxylic acids is 1. The maximum atomic E-state index is 12.3. The molecule has 124 valence electrons. The van der Waals surface area contributed by atoms with E-state index in [2.05, 4.69) is 15.5 Å². The molecule has 1 aromatic rings. The highest BCUT2D eigenvalue weighted by Crippen LogP contribution is 2.30. The van der Waals surface area contributed by atoms with Gasteiger partial charge in [0.15, 0.2) is 5.82 Å². The highest BCUT2D eigenvalue weighted by molar-refractivity contribution is 7.99. The Labute approximate surface area is 135 Å². The van der Waals surface area contributed by atoms with Crippen molar-refractivity contribution in [2.45, 2.75) is 50.8 Å². The molecule has 0 aromatic carbocycles. The molecule has 0 radical (unpaired) electrons. The molecule has 1 amide bonds. The van der Waals surface area contributed by atoms with Crippen molar-refractivity contribution in [1.29, 1.82) is 0 Å². The summed E-state index contributed by atoms with van der Waals surface area (Å²) in [6.07, 6.45) is 3.70. The Bertz CT molecular complexity index is 486. The van der Waals surface area contributed by atoms with E-state index in [1.165, 1.54) is 11.8 Å². The summed E-state index contributed by atoms with van der Waals surface area (Å²) >= 11 is 1.52. The minimum atomic E-state index is -0.231. The SMILES string of the molecule is CS[C@H](C)C(=O)N[C@@H](c1nc(C(C)C)no1)C1CCOCC1. The monoisotopic (exact) mass is 327 g/mol. The maximum absolute atomic E-state index is 12.3. The number of carbonyl (C=O) groups is 1. The van der Waals surface area contributed by atoms with E-state index in [9.17, 15) is 4.79 Å². The van der Waals surface area contributed by atoms with Crippen LogP contribution in [0.4, 0.5) is 0 Å². The van der Waals surface area contributed by atoms with Crippen LogP contribution in [0.1, 0.15) is 57.3 Å². The number of nitrogens with one attached hydrogen (secondary N) is 1. The van der Waals surface area contributed by atoms with Gasteiger partial charge in [0.1, 0.15) is 6.04 Å². The molecule has 0 unspecified atom stereocenters. The van der Waals surface area contributed by atoms with Gasteiger partial charge in [0, 0.05) is 19.1 Å². The summed E-state index contributed by atoms with van der Waals surface area (Å²) in [5.41, 5.74) is 0. The Balaban J connectivity index is 2.17. The van der Waals surface area contributed by atoms with Crippen molar-refractivity contribution in [3.63, 3.8) is 0 Å². The first-order valence-corrected chi connectivity index (χ1v) is 9.06. The zero-order valence-electron chi connectivity index (χ0n) is 13.7. The first-order valence-electron chi connectivity index (χ1n) is 7.77. The molecule has 2 rings (SSSR count). The molecule has 1 fully saturated rings. The lowest BCUT2D eigenvalue weighted by molar-refractivity contribution is -0.122. The van der Waals surface area contributed by atoms with E-state index in [1.54, 1.807) is 0 Å². The molecule has 1 aliphatic heterocycles. The maximum Gasteiger partial charge on any atom is 0.249 e. The Morgan fingerprint density at radius 1 is 1.32 bits per heavy atom. The molecule has 1 N–H and O–H groups in total. The topological polar surface area (TPSA) is 77.3 Å². The molecular formula is C15H25N3O3S. The second-order valence-corrected chi connectivity index (χ2v) is 7.14. The van der Waals surface area contributed by atoms with Crippen LogP contribution in [0.15, 0.2) is 4.52 Å². The predicted octanol–water partition coefficient (Wildman–Crippen LogP) is 2.53. The van der Waals surface area contributed by atoms with Gasteiger partial charge in [-0.05, 0) is 31.9 Å². The standard InChI is InChI=1S/C15H25N3O3S/c1-9(2)13-17-15(21-18-13)12(11-5-7-20-8-6-11)16-14(19)10(3)22-4/h9-12H,5-8H2,1-4H3,(H,16,19)/t10-,12-/m1/s1. The molecular weight excluding hydrogens is 302 g/mol. The van der Waals surface area contributed by atoms with Gasteiger partial charge in [-0.2, -0.15) is 16.7 Å². The Morgan fingerprint density at radius 3 is 2.55 bits per heavy atom. The van der Waals surface area contributed by atoms with E-state index >= 15 is 0 Å². The van der Waals surface area contributed by atoms with Crippen molar-refractivity contribution in [3.8, 4) is 0 Å². The molecule has 2 atom stereocenters. The summed E-state index contributed by atoms with van der Waals surface area (Å²) in [4.78, 5) is 16.8. The largest absolute Gasteiger partial charge is 0.381 e. The van der Waals surface area contributed by atoms with Crippen LogP contribution in [0, 0.1) is 5.92 Å². The molecule has 7 heteroatoms. The highest BCUT2D eigenvalue weighted by atomic mass is 32.2. The van der Waals surface area contributed by atoms with Gasteiger partial charge in [-0.1, -0.05) is 19.0 Å². The van der Waals surface area contributed by atoms with E-state index < -0.39 is 0 Å². The lowest BCUT2D eigenvalue weighted by Crippen LogP contribution is -2.39. The van der Waals surface area contributed by atoms with Crippen LogP contribution >= 0.6 is 11.8 Å². The van der Waals surface area contributed by atoms with E-state index in [-0.39, 0.29) is 29.0 Å². The summed E-state index contributed by atoms with van der Waals surface area (Å²) in [6, 6.07) is -0.231. The van der Waals surface area contributed by atoms with E-state index in [4.69, 9.17) is 9.26 Å². The number of thioether (sulfide) groups is 1. The van der Waals surface area contributed by atoms with Gasteiger partial charge in [-0.25, -0.2) is 0 Å². The first kappa shape index (κ1) is 17.3. The Morgan fingerprint density at radius 2 is 2.00 bits per heavy atom. The van der Waals surface area contributed by atoms with Gasteiger partial charge in [0.05, 0.1) is 5.25 Å². The fourth-order valence-corrected chi connectivity index (χ4v) is 2.70. The predicted molar refractivity (Wildman–Crippen MR) is 85.8 cm³/mol. The molecule has 0 aliphatic carbocycles. The second-order valence-electron chi connectivity index (χ2n) is 5.96. The number of aromatic nitrogens is 2. The summed E-state index contributed by atoms with van der Waals surface area (Å²) < 4.78 is 10.9. The smallest absolute Gasteiger partial charge is 0.249 e. The molecule has 22 heavy (non-hydrogen) atoms. The number of ether oxygens (including phenoxy) is 1. The van der Waals surface area contributed by atoms with Crippen molar-refractivity contribution in [1.82, 2.24) is 15.5 Å². The van der Waals surface area contributed by atoms with Gasteiger partial charge < -0.3 is 14.6 Å². The van der Waals surface area contributed by atoms with Crippen molar-refractivity contribution in [3.05, 3.63) is 11.7 Å². The molecule has 6 nitrogen and oxygen atoms in total. The van der Waals surface area contributed by atoms with Crippen LogP contribution in [0.25, 0.3) is 0 Å². The van der Waals surface area contributed by atoms with Crippen LogP contribution in [-0.4, -0.2) is 40.8 Å². The quantitative estimate of drug-likeness (QED) is 0.865. The van der Waals surface area contributed by atoms with Crippen LogP contribution in [-0.2, 0) is 9.53 Å². The summed E-state index contributed by atoms with van der Waals surface area (Å²) in [7, 11) is 0. The van der Waals surface area contributed by atoms with Crippen molar-refractivity contribution < 1.29 is 14.1 Å². The Kier molecular flexibility index (Phi) is 6.26. The fourth-order valence-electron chi connectivity index (χ4n) is 2.42. The molecule has 1 saturated heterocycles.